The lowest BCUT2D eigenvalue weighted by Crippen LogP contribution is -2.08. The van der Waals surface area contributed by atoms with E-state index in [2.05, 4.69) is 34.9 Å². The molecular weight excluding hydrogens is 1170 g/mol. The van der Waals surface area contributed by atoms with Gasteiger partial charge in [-0.05, 0) is 127 Å². The Hall–Kier alpha value is -12.8. The van der Waals surface area contributed by atoms with Gasteiger partial charge in [0.05, 0.1) is 96.2 Å². The third-order valence-electron chi connectivity index (χ3n) is 17.4. The maximum absolute atomic E-state index is 15.2. The first-order valence-electron chi connectivity index (χ1n) is 30.6. The van der Waals surface area contributed by atoms with Crippen LogP contribution in [0.2, 0.25) is 0 Å². The fourth-order valence-electron chi connectivity index (χ4n) is 13.0. The van der Waals surface area contributed by atoms with E-state index in [1.54, 1.807) is 12.1 Å². The summed E-state index contributed by atoms with van der Waals surface area (Å²) >= 11 is 0. The van der Waals surface area contributed by atoms with Gasteiger partial charge in [-0.25, -0.2) is 19.9 Å². The average molecular weight is 1220 g/mol. The number of aromatic nitrogens is 6. The number of nitriles is 2. The largest absolute Gasteiger partial charge is 0.416 e. The topological polar surface area (TPSA) is 109 Å². The second-order valence-corrected chi connectivity index (χ2v) is 23.1. The molecule has 94 heavy (non-hydrogen) atoms. The van der Waals surface area contributed by atoms with E-state index < -0.39 is 11.7 Å². The molecular formula is C83H49F3N8. The Kier molecular flexibility index (Phi) is 13.9. The van der Waals surface area contributed by atoms with Crippen LogP contribution < -0.4 is 0 Å². The van der Waals surface area contributed by atoms with Crippen molar-refractivity contribution in [3.05, 3.63) is 314 Å². The molecule has 6 aromatic heterocycles. The van der Waals surface area contributed by atoms with Crippen LogP contribution in [0.25, 0.3) is 156 Å². The molecule has 10 aromatic carbocycles. The molecule has 0 radical (unpaired) electrons. The van der Waals surface area contributed by atoms with Crippen LogP contribution in [0, 0.1) is 22.7 Å². The van der Waals surface area contributed by atoms with E-state index >= 15 is 13.2 Å². The number of pyridine rings is 4. The van der Waals surface area contributed by atoms with Gasteiger partial charge in [-0.2, -0.15) is 23.7 Å². The van der Waals surface area contributed by atoms with E-state index in [0.717, 1.165) is 135 Å². The maximum Gasteiger partial charge on any atom is 0.416 e. The molecule has 0 spiro atoms. The molecule has 0 amide bonds. The number of benzene rings is 10. The quantitative estimate of drug-likeness (QED) is 0.128. The summed E-state index contributed by atoms with van der Waals surface area (Å²) in [5.41, 5.74) is 16.4. The Morgan fingerprint density at radius 2 is 0.617 bits per heavy atom. The van der Waals surface area contributed by atoms with Gasteiger partial charge in [0.2, 0.25) is 0 Å². The lowest BCUT2D eigenvalue weighted by Gasteiger charge is -2.21. The highest BCUT2D eigenvalue weighted by molar-refractivity contribution is 6.14. The zero-order valence-electron chi connectivity index (χ0n) is 50.0. The van der Waals surface area contributed by atoms with Crippen LogP contribution >= 0.6 is 0 Å². The average Bonchev–Trinajstić information content (AvgIpc) is 1.55. The SMILES string of the molecule is N#Cc1cc(-c2ccc(-n3c4ccc(-c5cccc(-c6ccccc6)n5)cc4c4cc(-c5cccc(-c6ccccc6)n5)ccc43)c(C#N)c2-n2c3ccc(-c4cccc(-c5ccccc5)n4)cc3c3cc(-c4cccc(-c5ccccc5)n4)ccc32)cc(C(F)(F)F)c1. The van der Waals surface area contributed by atoms with Crippen LogP contribution in [-0.2, 0) is 6.18 Å². The zero-order valence-corrected chi connectivity index (χ0v) is 50.0. The molecule has 16 rings (SSSR count). The molecule has 6 heterocycles. The molecule has 0 aliphatic carbocycles. The minimum atomic E-state index is -4.81. The van der Waals surface area contributed by atoms with Crippen molar-refractivity contribution in [2.24, 2.45) is 0 Å². The molecule has 11 heteroatoms. The first-order chi connectivity index (χ1) is 46.1. The Morgan fingerprint density at radius 1 is 0.287 bits per heavy atom. The van der Waals surface area contributed by atoms with E-state index in [4.69, 9.17) is 19.9 Å². The second-order valence-electron chi connectivity index (χ2n) is 23.1. The summed E-state index contributed by atoms with van der Waals surface area (Å²) in [5, 5.41) is 26.0. The Labute approximate surface area is 538 Å². The van der Waals surface area contributed by atoms with Crippen LogP contribution in [0.5, 0.6) is 0 Å². The molecule has 0 atom stereocenters. The molecule has 0 fully saturated rings. The lowest BCUT2D eigenvalue weighted by molar-refractivity contribution is -0.137. The maximum atomic E-state index is 15.2. The molecule has 0 bridgehead atoms. The first kappa shape index (κ1) is 56.4. The van der Waals surface area contributed by atoms with Crippen molar-refractivity contribution in [3.8, 4) is 125 Å². The minimum Gasteiger partial charge on any atom is -0.308 e. The Bertz CT molecular complexity index is 5470. The number of alkyl halides is 3. The van der Waals surface area contributed by atoms with Gasteiger partial charge in [-0.3, -0.25) is 0 Å². The first-order valence-corrected chi connectivity index (χ1v) is 30.6. The molecule has 442 valence electrons. The molecule has 0 unspecified atom stereocenters. The van der Waals surface area contributed by atoms with Crippen molar-refractivity contribution >= 4 is 43.6 Å². The highest BCUT2D eigenvalue weighted by atomic mass is 19.4. The fraction of sp³-hybridized carbons (Fsp3) is 0.0120. The highest BCUT2D eigenvalue weighted by Crippen LogP contribution is 2.46. The van der Waals surface area contributed by atoms with Gasteiger partial charge in [0.1, 0.15) is 11.6 Å². The number of rotatable bonds is 11. The predicted octanol–water partition coefficient (Wildman–Crippen LogP) is 21.2. The molecule has 0 aliphatic rings. The van der Waals surface area contributed by atoms with Gasteiger partial charge >= 0.3 is 6.18 Å². The molecule has 0 saturated carbocycles. The van der Waals surface area contributed by atoms with Crippen molar-refractivity contribution < 1.29 is 13.2 Å². The number of hydrogen-bond donors (Lipinski definition) is 0. The van der Waals surface area contributed by atoms with Crippen molar-refractivity contribution in [2.45, 2.75) is 6.18 Å². The third kappa shape index (κ3) is 10.2. The van der Waals surface area contributed by atoms with Crippen LogP contribution in [-0.4, -0.2) is 29.1 Å². The van der Waals surface area contributed by atoms with Gasteiger partial charge in [-0.1, -0.05) is 176 Å². The van der Waals surface area contributed by atoms with E-state index in [1.807, 2.05) is 253 Å². The van der Waals surface area contributed by atoms with Crippen LogP contribution in [0.3, 0.4) is 0 Å². The number of fused-ring (bicyclic) bond motifs is 6. The summed E-state index contributed by atoms with van der Waals surface area (Å²) in [6, 6.07) is 100. The normalized spacial score (nSPS) is 11.5. The van der Waals surface area contributed by atoms with Gasteiger partial charge < -0.3 is 9.13 Å². The van der Waals surface area contributed by atoms with Gasteiger partial charge in [-0.15, -0.1) is 0 Å². The van der Waals surface area contributed by atoms with Crippen LogP contribution in [0.1, 0.15) is 16.7 Å². The van der Waals surface area contributed by atoms with Gasteiger partial charge in [0.15, 0.2) is 0 Å². The van der Waals surface area contributed by atoms with E-state index in [-0.39, 0.29) is 16.7 Å². The van der Waals surface area contributed by atoms with Gasteiger partial charge in [0.25, 0.3) is 0 Å². The third-order valence-corrected chi connectivity index (χ3v) is 17.4. The number of hydrogen-bond acceptors (Lipinski definition) is 6. The minimum absolute atomic E-state index is 0.100. The Morgan fingerprint density at radius 3 is 0.936 bits per heavy atom. The zero-order chi connectivity index (χ0) is 63.4. The molecule has 0 aliphatic heterocycles. The molecule has 8 nitrogen and oxygen atoms in total. The van der Waals surface area contributed by atoms with Gasteiger partial charge in [0, 0.05) is 71.6 Å². The summed E-state index contributed by atoms with van der Waals surface area (Å²) in [6.07, 6.45) is -4.81. The van der Waals surface area contributed by atoms with Crippen LogP contribution in [0.15, 0.2) is 297 Å². The van der Waals surface area contributed by atoms with Crippen molar-refractivity contribution in [1.29, 1.82) is 10.5 Å². The van der Waals surface area contributed by atoms with Crippen molar-refractivity contribution in [1.82, 2.24) is 29.1 Å². The lowest BCUT2D eigenvalue weighted by atomic mass is 9.95. The second kappa shape index (κ2) is 23.2. The summed E-state index contributed by atoms with van der Waals surface area (Å²) in [7, 11) is 0. The number of halogens is 3. The highest BCUT2D eigenvalue weighted by Gasteiger charge is 2.33. The molecule has 16 aromatic rings. The van der Waals surface area contributed by atoms with Crippen LogP contribution in [0.4, 0.5) is 13.2 Å². The summed E-state index contributed by atoms with van der Waals surface area (Å²) < 4.78 is 49.5. The van der Waals surface area contributed by atoms with Crippen molar-refractivity contribution in [2.75, 3.05) is 0 Å². The summed E-state index contributed by atoms with van der Waals surface area (Å²) in [5.74, 6) is 0. The van der Waals surface area contributed by atoms with Crippen molar-refractivity contribution in [3.63, 3.8) is 0 Å². The van der Waals surface area contributed by atoms with E-state index in [9.17, 15) is 10.5 Å². The fourth-order valence-corrected chi connectivity index (χ4v) is 13.0. The monoisotopic (exact) mass is 1210 g/mol. The summed E-state index contributed by atoms with van der Waals surface area (Å²) in [4.78, 5) is 20.7. The van der Waals surface area contributed by atoms with E-state index in [1.165, 1.54) is 6.07 Å². The summed E-state index contributed by atoms with van der Waals surface area (Å²) in [6.45, 7) is 0. The molecule has 0 saturated heterocycles. The Balaban J connectivity index is 0.972. The van der Waals surface area contributed by atoms with E-state index in [0.29, 0.717) is 28.0 Å². The smallest absolute Gasteiger partial charge is 0.308 e. The standard InChI is InChI=1S/C83H49F3N8/c84-83(85,86)62-44-52(50-87)43-61(45-62)63-37-42-81(93-77-38-33-57(73-29-13-25-69(89-73)53-17-5-1-6-18-53)46-64(77)65-47-58(34-39-78(65)93)74-30-14-26-70(90-74)54-19-7-2-8-20-54)68(51-88)82(63)94-79-40-35-59(75-31-15-27-71(91-75)55-21-9-3-10-22-55)48-66(79)67-49-60(36-41-80(67)94)76-32-16-28-72(92-76)56-23-11-4-12-24-56/h1-49H. The number of nitrogens with zero attached hydrogens (tertiary/aromatic N) is 8. The molecule has 0 N–H and O–H groups in total. The predicted molar refractivity (Wildman–Crippen MR) is 370 cm³/mol.